The van der Waals surface area contributed by atoms with Crippen molar-refractivity contribution >= 4 is 33.2 Å². The zero-order chi connectivity index (χ0) is 31.7. The Morgan fingerprint density at radius 3 is 2.56 bits per heavy atom. The van der Waals surface area contributed by atoms with E-state index in [2.05, 4.69) is 15.5 Å². The minimum absolute atomic E-state index is 0.103. The molecule has 0 spiro atoms. The number of benzene rings is 1. The topological polar surface area (TPSA) is 139 Å². The lowest BCUT2D eigenvalue weighted by atomic mass is 9.96. The standard InChI is InChI=1S/C31H35FN6O6S/c1-3-4-15-43-24-10-5-19(32)16-22(24)25(44-21-8-6-20(39)7-9-21)17-36-30-26(18(2)29(45-30)38-34-13-14-35-38)28(41)37(31(36)42)23-11-12-33-27(23)40/h5,10,13-14,16,21,23,25H,3-4,6-9,11-12,15,17H2,1-2H3,(H,33,40)/t23-,25-/m0/s1. The van der Waals surface area contributed by atoms with Gasteiger partial charge >= 0.3 is 5.69 Å². The largest absolute Gasteiger partial charge is 0.493 e. The maximum absolute atomic E-state index is 14.8. The Morgan fingerprint density at radius 1 is 1.11 bits per heavy atom. The Balaban J connectivity index is 1.53. The number of ether oxygens (including phenoxy) is 2. The zero-order valence-corrected chi connectivity index (χ0v) is 26.0. The van der Waals surface area contributed by atoms with Gasteiger partial charge in [0.25, 0.3) is 5.56 Å². The molecule has 14 heteroatoms. The van der Waals surface area contributed by atoms with Gasteiger partial charge in [-0.25, -0.2) is 13.8 Å². The van der Waals surface area contributed by atoms with E-state index in [0.29, 0.717) is 65.5 Å². The lowest BCUT2D eigenvalue weighted by Crippen LogP contribution is -2.44. The van der Waals surface area contributed by atoms with Gasteiger partial charge < -0.3 is 14.8 Å². The molecule has 1 aromatic carbocycles. The van der Waals surface area contributed by atoms with Crippen LogP contribution in [-0.4, -0.2) is 55.1 Å². The summed E-state index contributed by atoms with van der Waals surface area (Å²) >= 11 is 1.18. The molecule has 4 aromatic rings. The lowest BCUT2D eigenvalue weighted by molar-refractivity contribution is -0.125. The first-order valence-electron chi connectivity index (χ1n) is 15.3. The van der Waals surface area contributed by atoms with Crippen LogP contribution in [0, 0.1) is 12.7 Å². The van der Waals surface area contributed by atoms with E-state index >= 15 is 0 Å². The predicted octanol–water partition coefficient (Wildman–Crippen LogP) is 3.76. The number of aryl methyl sites for hydroxylation is 1. The van der Waals surface area contributed by atoms with E-state index in [1.165, 1.54) is 45.2 Å². The van der Waals surface area contributed by atoms with Gasteiger partial charge in [-0.1, -0.05) is 24.7 Å². The number of amides is 1. The number of carbonyl (C=O) groups is 2. The molecule has 6 rings (SSSR count). The maximum atomic E-state index is 14.8. The normalized spacial score (nSPS) is 18.1. The van der Waals surface area contributed by atoms with E-state index in [0.717, 1.165) is 17.4 Å². The van der Waals surface area contributed by atoms with Crippen LogP contribution in [0.4, 0.5) is 4.39 Å². The van der Waals surface area contributed by atoms with Gasteiger partial charge in [-0.3, -0.25) is 19.0 Å². The summed E-state index contributed by atoms with van der Waals surface area (Å²) < 4.78 is 30.0. The third-order valence-corrected chi connectivity index (χ3v) is 9.70. The van der Waals surface area contributed by atoms with Crippen molar-refractivity contribution < 1.29 is 23.5 Å². The summed E-state index contributed by atoms with van der Waals surface area (Å²) in [6.07, 6.45) is 5.55. The maximum Gasteiger partial charge on any atom is 0.332 e. The second-order valence-corrected chi connectivity index (χ2v) is 12.4. The lowest BCUT2D eigenvalue weighted by Gasteiger charge is -2.29. The SMILES string of the molecule is CCCCOc1ccc(F)cc1[C@H](Cn1c(=O)n([C@H]2CCNC2=O)c(=O)c2c(C)c(-n3nccn3)sc21)OC1CCC(=O)CC1. The number of rotatable bonds is 11. The molecule has 1 saturated heterocycles. The number of fused-ring (bicyclic) bond motifs is 1. The summed E-state index contributed by atoms with van der Waals surface area (Å²) in [4.78, 5) is 54.8. The summed E-state index contributed by atoms with van der Waals surface area (Å²) in [5.74, 6) is -0.310. The quantitative estimate of drug-likeness (QED) is 0.245. The highest BCUT2D eigenvalue weighted by molar-refractivity contribution is 7.21. The number of Topliss-reactive ketones (excluding diaryl/α,β-unsaturated/α-hetero) is 1. The van der Waals surface area contributed by atoms with Gasteiger partial charge in [0.15, 0.2) is 0 Å². The van der Waals surface area contributed by atoms with Gasteiger partial charge in [0.2, 0.25) is 5.91 Å². The molecule has 0 radical (unpaired) electrons. The van der Waals surface area contributed by atoms with Crippen LogP contribution in [0.15, 0.2) is 40.2 Å². The fraction of sp³-hybridized carbons (Fsp3) is 0.484. The molecule has 2 aliphatic rings. The monoisotopic (exact) mass is 638 g/mol. The van der Waals surface area contributed by atoms with Crippen molar-refractivity contribution in [3.05, 3.63) is 68.4 Å². The Labute approximate surface area is 261 Å². The van der Waals surface area contributed by atoms with E-state index in [-0.39, 0.29) is 30.2 Å². The second-order valence-electron chi connectivity index (χ2n) is 11.4. The highest BCUT2D eigenvalue weighted by atomic mass is 32.1. The summed E-state index contributed by atoms with van der Waals surface area (Å²) in [6, 6.07) is 3.25. The molecule has 2 atom stereocenters. The number of aromatic nitrogens is 5. The number of nitrogens with zero attached hydrogens (tertiary/aromatic N) is 5. The Hall–Kier alpha value is -4.17. The van der Waals surface area contributed by atoms with Gasteiger partial charge in [0.1, 0.15) is 39.3 Å². The first kappa shape index (κ1) is 30.8. The Morgan fingerprint density at radius 2 is 1.87 bits per heavy atom. The molecule has 238 valence electrons. The molecule has 2 fully saturated rings. The molecule has 1 amide bonds. The average Bonchev–Trinajstić information content (AvgIpc) is 3.78. The number of hydrogen-bond acceptors (Lipinski definition) is 9. The molecule has 45 heavy (non-hydrogen) atoms. The molecule has 1 N–H and O–H groups in total. The zero-order valence-electron chi connectivity index (χ0n) is 25.2. The Kier molecular flexibility index (Phi) is 8.95. The molecule has 1 saturated carbocycles. The highest BCUT2D eigenvalue weighted by Crippen LogP contribution is 2.36. The van der Waals surface area contributed by atoms with Crippen LogP contribution in [-0.2, 0) is 20.9 Å². The molecular weight excluding hydrogens is 603 g/mol. The number of thiophene rings is 1. The Bertz CT molecular complexity index is 1840. The third kappa shape index (κ3) is 6.08. The number of hydrogen-bond donors (Lipinski definition) is 1. The fourth-order valence-corrected chi connectivity index (χ4v) is 7.24. The summed E-state index contributed by atoms with van der Waals surface area (Å²) in [5, 5.41) is 12.0. The number of carbonyl (C=O) groups excluding carboxylic acids is 2. The van der Waals surface area contributed by atoms with Crippen molar-refractivity contribution in [2.24, 2.45) is 0 Å². The van der Waals surface area contributed by atoms with Crippen molar-refractivity contribution in [1.29, 1.82) is 0 Å². The van der Waals surface area contributed by atoms with Gasteiger partial charge in [0, 0.05) is 30.5 Å². The molecule has 0 bridgehead atoms. The van der Waals surface area contributed by atoms with Gasteiger partial charge in [-0.05, 0) is 50.8 Å². The van der Waals surface area contributed by atoms with Crippen LogP contribution in [0.3, 0.4) is 0 Å². The smallest absolute Gasteiger partial charge is 0.332 e. The van der Waals surface area contributed by atoms with Crippen LogP contribution in [0.25, 0.3) is 15.2 Å². The van der Waals surface area contributed by atoms with E-state index in [9.17, 15) is 23.6 Å². The van der Waals surface area contributed by atoms with Crippen LogP contribution in [0.2, 0.25) is 0 Å². The van der Waals surface area contributed by atoms with Gasteiger partial charge in [0.05, 0.1) is 37.0 Å². The molecule has 12 nitrogen and oxygen atoms in total. The first-order chi connectivity index (χ1) is 21.8. The number of halogens is 1. The van der Waals surface area contributed by atoms with Gasteiger partial charge in [-0.2, -0.15) is 10.2 Å². The molecule has 0 unspecified atom stereocenters. The van der Waals surface area contributed by atoms with E-state index in [1.807, 2.05) is 6.92 Å². The number of ketones is 1. The second kappa shape index (κ2) is 13.1. The first-order valence-corrected chi connectivity index (χ1v) is 16.1. The van der Waals surface area contributed by atoms with Crippen molar-refractivity contribution in [2.45, 2.75) is 83.6 Å². The van der Waals surface area contributed by atoms with Crippen molar-refractivity contribution in [3.8, 4) is 10.8 Å². The van der Waals surface area contributed by atoms with E-state index in [1.54, 1.807) is 13.0 Å². The third-order valence-electron chi connectivity index (χ3n) is 8.42. The highest BCUT2D eigenvalue weighted by Gasteiger charge is 2.34. The number of nitrogens with one attached hydrogen (secondary N) is 1. The molecule has 1 aliphatic carbocycles. The van der Waals surface area contributed by atoms with Crippen molar-refractivity contribution in [1.82, 2.24) is 29.4 Å². The van der Waals surface area contributed by atoms with Gasteiger partial charge in [-0.15, -0.1) is 4.80 Å². The van der Waals surface area contributed by atoms with E-state index in [4.69, 9.17) is 9.47 Å². The average molecular weight is 639 g/mol. The minimum atomic E-state index is -0.975. The van der Waals surface area contributed by atoms with Crippen molar-refractivity contribution in [3.63, 3.8) is 0 Å². The van der Waals surface area contributed by atoms with Crippen LogP contribution in [0.1, 0.15) is 75.1 Å². The summed E-state index contributed by atoms with van der Waals surface area (Å²) in [6.45, 7) is 4.45. The molecule has 1 aliphatic heterocycles. The summed E-state index contributed by atoms with van der Waals surface area (Å²) in [5.41, 5.74) is -0.262. The van der Waals surface area contributed by atoms with Crippen LogP contribution < -0.4 is 21.3 Å². The minimum Gasteiger partial charge on any atom is -0.493 e. The number of unbranched alkanes of at least 4 members (excludes halogenated alkanes) is 1. The molecule has 4 heterocycles. The van der Waals surface area contributed by atoms with Crippen LogP contribution >= 0.6 is 11.3 Å². The molecular formula is C31H35FN6O6S. The molecule has 3 aromatic heterocycles. The fourth-order valence-electron chi connectivity index (χ4n) is 6.02. The van der Waals surface area contributed by atoms with Crippen LogP contribution in [0.5, 0.6) is 5.75 Å². The summed E-state index contributed by atoms with van der Waals surface area (Å²) in [7, 11) is 0. The predicted molar refractivity (Wildman–Crippen MR) is 165 cm³/mol. The van der Waals surface area contributed by atoms with Crippen molar-refractivity contribution in [2.75, 3.05) is 13.2 Å². The van der Waals surface area contributed by atoms with E-state index < -0.39 is 35.1 Å².